The van der Waals surface area contributed by atoms with E-state index in [9.17, 15) is 0 Å². The minimum absolute atomic E-state index is 0.130. The Morgan fingerprint density at radius 3 is 2.78 bits per heavy atom. The van der Waals surface area contributed by atoms with Gasteiger partial charge in [-0.25, -0.2) is 0 Å². The van der Waals surface area contributed by atoms with E-state index in [0.717, 1.165) is 37.2 Å². The lowest BCUT2D eigenvalue weighted by Crippen LogP contribution is -2.28. The first kappa shape index (κ1) is 12.4. The fraction of sp³-hybridized carbons (Fsp3) is 0.833. The highest BCUT2D eigenvalue weighted by molar-refractivity contribution is 7.99. The summed E-state index contributed by atoms with van der Waals surface area (Å²) < 4.78 is 11.1. The summed E-state index contributed by atoms with van der Waals surface area (Å²) in [6.07, 6.45) is 4.29. The third kappa shape index (κ3) is 1.96. The number of aromatic nitrogens is 2. The van der Waals surface area contributed by atoms with Crippen LogP contribution in [0.3, 0.4) is 0 Å². The van der Waals surface area contributed by atoms with Gasteiger partial charge in [0.25, 0.3) is 0 Å². The van der Waals surface area contributed by atoms with E-state index in [-0.39, 0.29) is 17.6 Å². The van der Waals surface area contributed by atoms with Crippen molar-refractivity contribution in [2.24, 2.45) is 5.73 Å². The Morgan fingerprint density at radius 1 is 1.39 bits per heavy atom. The number of rotatable bonds is 3. The molecule has 100 valence electrons. The summed E-state index contributed by atoms with van der Waals surface area (Å²) >= 11 is 1.85. The molecule has 1 aliphatic heterocycles. The summed E-state index contributed by atoms with van der Waals surface area (Å²) in [6, 6.07) is 0.130. The van der Waals surface area contributed by atoms with E-state index >= 15 is 0 Å². The lowest BCUT2D eigenvalue weighted by atomic mass is 10.0. The molecule has 2 unspecified atom stereocenters. The van der Waals surface area contributed by atoms with Crippen molar-refractivity contribution in [3.8, 4) is 0 Å². The van der Waals surface area contributed by atoms with Crippen molar-refractivity contribution in [2.45, 2.75) is 43.2 Å². The SMILES string of the molecule is COC1(c2noc(C3CSCC3N)n2)CCCC1. The molecule has 5 nitrogen and oxygen atoms in total. The highest BCUT2D eigenvalue weighted by atomic mass is 32.2. The molecule has 1 aromatic heterocycles. The monoisotopic (exact) mass is 269 g/mol. The molecule has 18 heavy (non-hydrogen) atoms. The lowest BCUT2D eigenvalue weighted by molar-refractivity contribution is -0.0178. The predicted molar refractivity (Wildman–Crippen MR) is 69.5 cm³/mol. The molecule has 0 radical (unpaired) electrons. The van der Waals surface area contributed by atoms with Crippen molar-refractivity contribution in [1.29, 1.82) is 0 Å². The Kier molecular flexibility index (Phi) is 3.34. The van der Waals surface area contributed by atoms with Gasteiger partial charge in [0.1, 0.15) is 5.60 Å². The molecule has 1 aliphatic carbocycles. The molecule has 2 heterocycles. The van der Waals surface area contributed by atoms with E-state index in [1.165, 1.54) is 0 Å². The van der Waals surface area contributed by atoms with Crippen LogP contribution in [0.4, 0.5) is 0 Å². The molecule has 0 amide bonds. The van der Waals surface area contributed by atoms with Gasteiger partial charge in [-0.1, -0.05) is 5.16 Å². The number of nitrogens with two attached hydrogens (primary N) is 1. The second-order valence-corrected chi connectivity index (χ2v) is 6.24. The van der Waals surface area contributed by atoms with Crippen LogP contribution in [0.1, 0.15) is 43.3 Å². The van der Waals surface area contributed by atoms with Crippen LogP contribution in [0, 0.1) is 0 Å². The predicted octanol–water partition coefficient (Wildman–Crippen LogP) is 1.64. The van der Waals surface area contributed by atoms with Gasteiger partial charge in [-0.05, 0) is 25.7 Å². The third-order valence-electron chi connectivity index (χ3n) is 4.09. The van der Waals surface area contributed by atoms with E-state index in [1.807, 2.05) is 11.8 Å². The standard InChI is InChI=1S/C12H19N3O2S/c1-16-12(4-2-3-5-12)11-14-10(17-15-11)8-6-18-7-9(8)13/h8-9H,2-7,13H2,1H3. The molecule has 1 aromatic rings. The third-order valence-corrected chi connectivity index (χ3v) is 5.31. The fourth-order valence-corrected chi connectivity index (χ4v) is 4.15. The Balaban J connectivity index is 1.84. The zero-order chi connectivity index (χ0) is 12.6. The van der Waals surface area contributed by atoms with E-state index in [0.29, 0.717) is 11.7 Å². The van der Waals surface area contributed by atoms with Gasteiger partial charge in [0.15, 0.2) is 0 Å². The van der Waals surface area contributed by atoms with E-state index < -0.39 is 0 Å². The van der Waals surface area contributed by atoms with Crippen molar-refractivity contribution in [3.63, 3.8) is 0 Å². The van der Waals surface area contributed by atoms with Crippen LogP contribution in [0.5, 0.6) is 0 Å². The molecule has 2 N–H and O–H groups in total. The Bertz CT molecular complexity index is 417. The second kappa shape index (κ2) is 4.83. The number of ether oxygens (including phenoxy) is 1. The molecule has 0 bridgehead atoms. The number of nitrogens with zero attached hydrogens (tertiary/aromatic N) is 2. The molecular formula is C12H19N3O2S. The van der Waals surface area contributed by atoms with Crippen LogP contribution in [0.2, 0.25) is 0 Å². The molecule has 1 saturated heterocycles. The van der Waals surface area contributed by atoms with Crippen LogP contribution < -0.4 is 5.73 Å². The number of hydrogen-bond donors (Lipinski definition) is 1. The molecule has 3 rings (SSSR count). The zero-order valence-electron chi connectivity index (χ0n) is 10.6. The molecule has 6 heteroatoms. The molecular weight excluding hydrogens is 250 g/mol. The van der Waals surface area contributed by atoms with Crippen molar-refractivity contribution in [1.82, 2.24) is 10.1 Å². The van der Waals surface area contributed by atoms with Gasteiger partial charge in [0.2, 0.25) is 11.7 Å². The normalized spacial score (nSPS) is 31.0. The molecule has 0 aromatic carbocycles. The van der Waals surface area contributed by atoms with Crippen LogP contribution >= 0.6 is 11.8 Å². The van der Waals surface area contributed by atoms with Gasteiger partial charge >= 0.3 is 0 Å². The average Bonchev–Trinajstić information content (AvgIpc) is 3.08. The van der Waals surface area contributed by atoms with Gasteiger partial charge in [-0.3, -0.25) is 0 Å². The maximum absolute atomic E-state index is 6.06. The second-order valence-electron chi connectivity index (χ2n) is 5.17. The molecule has 2 aliphatic rings. The smallest absolute Gasteiger partial charge is 0.232 e. The molecule has 2 fully saturated rings. The average molecular weight is 269 g/mol. The topological polar surface area (TPSA) is 74.2 Å². The summed E-state index contributed by atoms with van der Waals surface area (Å²) in [4.78, 5) is 4.57. The Hall–Kier alpha value is -0.590. The Labute approximate surface area is 111 Å². The quantitative estimate of drug-likeness (QED) is 0.899. The highest BCUT2D eigenvalue weighted by Crippen LogP contribution is 2.41. The van der Waals surface area contributed by atoms with Gasteiger partial charge in [-0.2, -0.15) is 16.7 Å². The number of methoxy groups -OCH3 is 1. The maximum atomic E-state index is 6.06. The van der Waals surface area contributed by atoms with Gasteiger partial charge < -0.3 is 15.0 Å². The van der Waals surface area contributed by atoms with E-state index in [4.69, 9.17) is 15.0 Å². The van der Waals surface area contributed by atoms with Crippen molar-refractivity contribution < 1.29 is 9.26 Å². The highest BCUT2D eigenvalue weighted by Gasteiger charge is 2.41. The summed E-state index contributed by atoms with van der Waals surface area (Å²) in [5, 5.41) is 4.14. The van der Waals surface area contributed by atoms with Crippen LogP contribution in [0.25, 0.3) is 0 Å². The number of hydrogen-bond acceptors (Lipinski definition) is 6. The minimum atomic E-state index is -0.322. The van der Waals surface area contributed by atoms with Gasteiger partial charge in [-0.15, -0.1) is 0 Å². The lowest BCUT2D eigenvalue weighted by Gasteiger charge is -2.22. The molecule has 2 atom stereocenters. The minimum Gasteiger partial charge on any atom is -0.370 e. The number of thioether (sulfide) groups is 1. The largest absolute Gasteiger partial charge is 0.370 e. The van der Waals surface area contributed by atoms with E-state index in [2.05, 4.69) is 10.1 Å². The van der Waals surface area contributed by atoms with Crippen molar-refractivity contribution in [2.75, 3.05) is 18.6 Å². The first-order valence-corrected chi connectivity index (χ1v) is 7.63. The summed E-state index contributed by atoms with van der Waals surface area (Å²) in [6.45, 7) is 0. The van der Waals surface area contributed by atoms with Crippen LogP contribution in [-0.2, 0) is 10.3 Å². The Morgan fingerprint density at radius 2 is 2.17 bits per heavy atom. The van der Waals surface area contributed by atoms with E-state index in [1.54, 1.807) is 7.11 Å². The zero-order valence-corrected chi connectivity index (χ0v) is 11.4. The maximum Gasteiger partial charge on any atom is 0.232 e. The fourth-order valence-electron chi connectivity index (χ4n) is 2.86. The summed E-state index contributed by atoms with van der Waals surface area (Å²) in [5.41, 5.74) is 5.74. The molecule has 0 spiro atoms. The van der Waals surface area contributed by atoms with Gasteiger partial charge in [0.05, 0.1) is 5.92 Å². The molecule has 1 saturated carbocycles. The first-order valence-electron chi connectivity index (χ1n) is 6.48. The summed E-state index contributed by atoms with van der Waals surface area (Å²) in [7, 11) is 1.73. The van der Waals surface area contributed by atoms with Crippen molar-refractivity contribution >= 4 is 11.8 Å². The first-order chi connectivity index (χ1) is 8.75. The van der Waals surface area contributed by atoms with Crippen LogP contribution in [0.15, 0.2) is 4.52 Å². The summed E-state index contributed by atoms with van der Waals surface area (Å²) in [5.74, 6) is 3.54. The van der Waals surface area contributed by atoms with Crippen molar-refractivity contribution in [3.05, 3.63) is 11.7 Å². The van der Waals surface area contributed by atoms with Gasteiger partial charge in [0, 0.05) is 24.7 Å². The van der Waals surface area contributed by atoms with Crippen LogP contribution in [-0.4, -0.2) is 34.8 Å².